The largest absolute Gasteiger partial charge is 0.311 e. The van der Waals surface area contributed by atoms with E-state index in [1.54, 1.807) is 0 Å². The van der Waals surface area contributed by atoms with E-state index in [1.807, 2.05) is 17.9 Å². The highest BCUT2D eigenvalue weighted by Gasteiger charge is 2.23. The molecule has 0 saturated heterocycles. The first-order chi connectivity index (χ1) is 8.29. The van der Waals surface area contributed by atoms with Crippen LogP contribution in [0.4, 0.5) is 0 Å². The smallest absolute Gasteiger partial charge is 0.0762 e. The Morgan fingerprint density at radius 2 is 2.18 bits per heavy atom. The third kappa shape index (κ3) is 3.71. The van der Waals surface area contributed by atoms with Crippen molar-refractivity contribution in [3.63, 3.8) is 0 Å². The Balaban J connectivity index is 1.73. The molecule has 1 saturated carbocycles. The van der Waals surface area contributed by atoms with Crippen LogP contribution in [0.3, 0.4) is 0 Å². The van der Waals surface area contributed by atoms with Crippen LogP contribution in [-0.4, -0.2) is 22.2 Å². The molecule has 0 bridgehead atoms. The third-order valence-corrected chi connectivity index (χ3v) is 4.14. The minimum absolute atomic E-state index is 0.710. The fraction of sp³-hybridized carbons (Fsp3) is 0.769. The van der Waals surface area contributed by atoms with E-state index in [0.717, 1.165) is 30.6 Å². The van der Waals surface area contributed by atoms with Crippen LogP contribution in [0, 0.1) is 11.8 Å². The summed E-state index contributed by atoms with van der Waals surface area (Å²) in [6.07, 6.45) is 7.34. The van der Waals surface area contributed by atoms with Crippen LogP contribution in [0.15, 0.2) is 12.3 Å². The third-order valence-electron chi connectivity index (χ3n) is 3.75. The first-order valence-electron chi connectivity index (χ1n) is 6.55. The van der Waals surface area contributed by atoms with Gasteiger partial charge < -0.3 is 5.32 Å². The second-order valence-electron chi connectivity index (χ2n) is 5.07. The number of hydrogen-bond donors (Lipinski definition) is 1. The van der Waals surface area contributed by atoms with Gasteiger partial charge in [-0.2, -0.15) is 5.10 Å². The minimum atomic E-state index is 0.710. The molecule has 0 aliphatic heterocycles. The van der Waals surface area contributed by atoms with Gasteiger partial charge in [0.05, 0.1) is 5.69 Å². The number of nitrogens with zero attached hydrogens (tertiary/aromatic N) is 2. The summed E-state index contributed by atoms with van der Waals surface area (Å²) in [5, 5.41) is 7.88. The predicted molar refractivity (Wildman–Crippen MR) is 71.1 cm³/mol. The average Bonchev–Trinajstić information content (AvgIpc) is 2.76. The fourth-order valence-corrected chi connectivity index (χ4v) is 3.11. The molecule has 1 N–H and O–H groups in total. The molecule has 2 atom stereocenters. The van der Waals surface area contributed by atoms with Crippen molar-refractivity contribution in [1.82, 2.24) is 15.1 Å². The molecule has 0 radical (unpaired) electrons. The number of nitrogens with one attached hydrogen (secondary N) is 1. The summed E-state index contributed by atoms with van der Waals surface area (Å²) in [4.78, 5) is 0. The average molecular weight is 256 g/mol. The SMILES string of the molecule is Cn1ccc(CNCC2CCCCC2CCl)n1. The van der Waals surface area contributed by atoms with E-state index in [2.05, 4.69) is 16.5 Å². The van der Waals surface area contributed by atoms with Gasteiger partial charge in [0.2, 0.25) is 0 Å². The van der Waals surface area contributed by atoms with Crippen molar-refractivity contribution in [3.05, 3.63) is 18.0 Å². The molecule has 4 heteroatoms. The zero-order valence-electron chi connectivity index (χ0n) is 10.5. The monoisotopic (exact) mass is 255 g/mol. The lowest BCUT2D eigenvalue weighted by atomic mass is 9.80. The van der Waals surface area contributed by atoms with Gasteiger partial charge in [-0.25, -0.2) is 0 Å². The molecule has 1 aromatic heterocycles. The Morgan fingerprint density at radius 1 is 1.41 bits per heavy atom. The maximum Gasteiger partial charge on any atom is 0.0762 e. The van der Waals surface area contributed by atoms with Gasteiger partial charge in [0.15, 0.2) is 0 Å². The first-order valence-corrected chi connectivity index (χ1v) is 7.08. The van der Waals surface area contributed by atoms with Gasteiger partial charge in [-0.1, -0.05) is 12.8 Å². The molecular formula is C13H22ClN3. The minimum Gasteiger partial charge on any atom is -0.311 e. The van der Waals surface area contributed by atoms with Gasteiger partial charge in [-0.3, -0.25) is 4.68 Å². The molecule has 1 aromatic rings. The van der Waals surface area contributed by atoms with Crippen molar-refractivity contribution in [2.45, 2.75) is 32.2 Å². The molecule has 1 heterocycles. The van der Waals surface area contributed by atoms with Crippen molar-refractivity contribution in [1.29, 1.82) is 0 Å². The Bertz CT molecular complexity index is 337. The zero-order chi connectivity index (χ0) is 12.1. The van der Waals surface area contributed by atoms with E-state index in [9.17, 15) is 0 Å². The summed E-state index contributed by atoms with van der Waals surface area (Å²) in [5.41, 5.74) is 1.12. The Hall–Kier alpha value is -0.540. The molecule has 2 unspecified atom stereocenters. The van der Waals surface area contributed by atoms with E-state index in [4.69, 9.17) is 11.6 Å². The van der Waals surface area contributed by atoms with Crippen LogP contribution in [-0.2, 0) is 13.6 Å². The summed E-state index contributed by atoms with van der Waals surface area (Å²) in [5.74, 6) is 2.28. The van der Waals surface area contributed by atoms with Gasteiger partial charge in [-0.05, 0) is 37.3 Å². The van der Waals surface area contributed by atoms with Crippen molar-refractivity contribution >= 4 is 11.6 Å². The van der Waals surface area contributed by atoms with Gasteiger partial charge in [-0.15, -0.1) is 11.6 Å². The van der Waals surface area contributed by atoms with Gasteiger partial charge in [0.1, 0.15) is 0 Å². The Kier molecular flexibility index (Phi) is 4.86. The number of halogens is 1. The lowest BCUT2D eigenvalue weighted by Gasteiger charge is -2.30. The van der Waals surface area contributed by atoms with Crippen molar-refractivity contribution in [3.8, 4) is 0 Å². The number of hydrogen-bond acceptors (Lipinski definition) is 2. The van der Waals surface area contributed by atoms with Gasteiger partial charge >= 0.3 is 0 Å². The molecule has 1 aliphatic carbocycles. The molecule has 96 valence electrons. The Morgan fingerprint density at radius 3 is 2.82 bits per heavy atom. The molecule has 2 rings (SSSR count). The summed E-state index contributed by atoms with van der Waals surface area (Å²) in [6, 6.07) is 2.06. The molecule has 0 spiro atoms. The number of alkyl halides is 1. The van der Waals surface area contributed by atoms with Crippen LogP contribution in [0.5, 0.6) is 0 Å². The lowest BCUT2D eigenvalue weighted by Crippen LogP contribution is -2.31. The summed E-state index contributed by atoms with van der Waals surface area (Å²) >= 11 is 6.03. The molecule has 17 heavy (non-hydrogen) atoms. The van der Waals surface area contributed by atoms with E-state index in [1.165, 1.54) is 25.7 Å². The topological polar surface area (TPSA) is 29.9 Å². The van der Waals surface area contributed by atoms with Crippen molar-refractivity contribution < 1.29 is 0 Å². The quantitative estimate of drug-likeness (QED) is 0.820. The number of aromatic nitrogens is 2. The van der Waals surface area contributed by atoms with Crippen LogP contribution < -0.4 is 5.32 Å². The maximum atomic E-state index is 6.03. The number of aryl methyl sites for hydroxylation is 1. The summed E-state index contributed by atoms with van der Waals surface area (Å²) < 4.78 is 1.85. The lowest BCUT2D eigenvalue weighted by molar-refractivity contribution is 0.250. The van der Waals surface area contributed by atoms with Gasteiger partial charge in [0, 0.05) is 25.7 Å². The zero-order valence-corrected chi connectivity index (χ0v) is 11.3. The second kappa shape index (κ2) is 6.41. The van der Waals surface area contributed by atoms with E-state index in [0.29, 0.717) is 5.92 Å². The standard InChI is InChI=1S/C13H22ClN3/c1-17-7-6-13(16-17)10-15-9-12-5-3-2-4-11(12)8-14/h6-7,11-12,15H,2-5,8-10H2,1H3. The second-order valence-corrected chi connectivity index (χ2v) is 5.38. The van der Waals surface area contributed by atoms with E-state index in [-0.39, 0.29) is 0 Å². The number of rotatable bonds is 5. The highest BCUT2D eigenvalue weighted by Crippen LogP contribution is 2.30. The highest BCUT2D eigenvalue weighted by atomic mass is 35.5. The molecule has 1 aliphatic rings. The van der Waals surface area contributed by atoms with Crippen LogP contribution >= 0.6 is 11.6 Å². The normalized spacial score (nSPS) is 25.1. The van der Waals surface area contributed by atoms with Crippen molar-refractivity contribution in [2.24, 2.45) is 18.9 Å². The Labute approximate surface area is 109 Å². The van der Waals surface area contributed by atoms with Crippen molar-refractivity contribution in [2.75, 3.05) is 12.4 Å². The van der Waals surface area contributed by atoms with Crippen LogP contribution in [0.1, 0.15) is 31.4 Å². The molecule has 0 aromatic carbocycles. The summed E-state index contributed by atoms with van der Waals surface area (Å²) in [7, 11) is 1.95. The summed E-state index contributed by atoms with van der Waals surface area (Å²) in [6.45, 7) is 1.94. The van der Waals surface area contributed by atoms with Crippen LogP contribution in [0.2, 0.25) is 0 Å². The molecular weight excluding hydrogens is 234 g/mol. The molecule has 0 amide bonds. The molecule has 3 nitrogen and oxygen atoms in total. The van der Waals surface area contributed by atoms with Crippen LogP contribution in [0.25, 0.3) is 0 Å². The highest BCUT2D eigenvalue weighted by molar-refractivity contribution is 6.18. The van der Waals surface area contributed by atoms with E-state index < -0.39 is 0 Å². The molecule has 1 fully saturated rings. The first kappa shape index (κ1) is 12.9. The maximum absolute atomic E-state index is 6.03. The van der Waals surface area contributed by atoms with E-state index >= 15 is 0 Å². The fourth-order valence-electron chi connectivity index (χ4n) is 2.70. The van der Waals surface area contributed by atoms with Gasteiger partial charge in [0.25, 0.3) is 0 Å². The predicted octanol–water partition coefficient (Wildman–Crippen LogP) is 2.55.